The number of anilines is 1. The summed E-state index contributed by atoms with van der Waals surface area (Å²) in [4.78, 5) is 32.9. The third-order valence-electron chi connectivity index (χ3n) is 5.49. The number of thiophene rings is 1. The molecule has 164 valence electrons. The van der Waals surface area contributed by atoms with Gasteiger partial charge in [-0.15, -0.1) is 11.3 Å². The van der Waals surface area contributed by atoms with Gasteiger partial charge in [0, 0.05) is 11.4 Å². The van der Waals surface area contributed by atoms with Crippen LogP contribution in [0.4, 0.5) is 5.69 Å². The maximum absolute atomic E-state index is 13.4. The zero-order valence-corrected chi connectivity index (χ0v) is 19.5. The normalized spacial score (nSPS) is 12.8. The topological polar surface area (TPSA) is 73.2 Å². The number of para-hydroxylation sites is 2. The van der Waals surface area contributed by atoms with Crippen molar-refractivity contribution in [2.75, 3.05) is 18.2 Å². The van der Waals surface area contributed by atoms with Crippen LogP contribution < -0.4 is 15.6 Å². The number of hydrogen-bond acceptors (Lipinski definition) is 6. The van der Waals surface area contributed by atoms with Crippen molar-refractivity contribution in [3.8, 4) is 5.75 Å². The van der Waals surface area contributed by atoms with Crippen molar-refractivity contribution in [2.45, 2.75) is 57.1 Å². The maximum Gasteiger partial charge on any atom is 0.263 e. The Labute approximate surface area is 190 Å². The van der Waals surface area contributed by atoms with Gasteiger partial charge in [-0.1, -0.05) is 43.7 Å². The summed E-state index contributed by atoms with van der Waals surface area (Å²) >= 11 is 2.96. The van der Waals surface area contributed by atoms with Crippen LogP contribution in [0.15, 0.2) is 34.2 Å². The van der Waals surface area contributed by atoms with Crippen molar-refractivity contribution in [2.24, 2.45) is 0 Å². The highest BCUT2D eigenvalue weighted by atomic mass is 32.2. The average molecular weight is 458 g/mol. The minimum atomic E-state index is -0.155. The lowest BCUT2D eigenvalue weighted by atomic mass is 10.2. The molecule has 0 spiro atoms. The highest BCUT2D eigenvalue weighted by Crippen LogP contribution is 2.35. The Bertz CT molecular complexity index is 1150. The van der Waals surface area contributed by atoms with Crippen LogP contribution in [0.2, 0.25) is 0 Å². The molecule has 0 atom stereocenters. The van der Waals surface area contributed by atoms with Crippen LogP contribution in [0.25, 0.3) is 10.2 Å². The highest BCUT2D eigenvalue weighted by Gasteiger charge is 2.23. The number of rotatable bonds is 9. The first-order chi connectivity index (χ1) is 15.1. The fourth-order valence-corrected chi connectivity index (χ4v) is 6.08. The molecule has 3 aromatic rings. The van der Waals surface area contributed by atoms with Gasteiger partial charge in [0.1, 0.15) is 10.6 Å². The molecular weight excluding hydrogens is 430 g/mol. The Morgan fingerprint density at radius 1 is 1.29 bits per heavy atom. The molecule has 0 fully saturated rings. The molecule has 0 radical (unpaired) electrons. The van der Waals surface area contributed by atoms with Crippen LogP contribution >= 0.6 is 23.1 Å². The number of hydrogen-bond donors (Lipinski definition) is 1. The maximum atomic E-state index is 13.4. The summed E-state index contributed by atoms with van der Waals surface area (Å²) in [5.41, 5.74) is 1.88. The monoisotopic (exact) mass is 457 g/mol. The van der Waals surface area contributed by atoms with E-state index in [0.717, 1.165) is 48.7 Å². The third-order valence-corrected chi connectivity index (χ3v) is 7.65. The molecule has 8 heteroatoms. The number of ether oxygens (including phenoxy) is 1. The Hall–Kier alpha value is -2.32. The van der Waals surface area contributed by atoms with E-state index in [9.17, 15) is 9.59 Å². The molecule has 0 saturated carbocycles. The fraction of sp³-hybridized carbons (Fsp3) is 0.435. The average Bonchev–Trinajstić information content (AvgIpc) is 3.35. The summed E-state index contributed by atoms with van der Waals surface area (Å²) in [6, 6.07) is 7.32. The van der Waals surface area contributed by atoms with Crippen LogP contribution in [0.1, 0.15) is 43.0 Å². The predicted molar refractivity (Wildman–Crippen MR) is 128 cm³/mol. The minimum Gasteiger partial charge on any atom is -0.495 e. The summed E-state index contributed by atoms with van der Waals surface area (Å²) in [7, 11) is 1.58. The molecule has 2 heterocycles. The van der Waals surface area contributed by atoms with E-state index in [1.165, 1.54) is 22.2 Å². The first kappa shape index (κ1) is 21.9. The zero-order valence-electron chi connectivity index (χ0n) is 17.9. The van der Waals surface area contributed by atoms with Crippen molar-refractivity contribution in [1.29, 1.82) is 0 Å². The molecule has 31 heavy (non-hydrogen) atoms. The lowest BCUT2D eigenvalue weighted by Gasteiger charge is -2.13. The predicted octanol–water partition coefficient (Wildman–Crippen LogP) is 4.88. The summed E-state index contributed by atoms with van der Waals surface area (Å²) in [5, 5.41) is 4.32. The van der Waals surface area contributed by atoms with Crippen molar-refractivity contribution >= 4 is 44.9 Å². The second-order valence-electron chi connectivity index (χ2n) is 7.63. The van der Waals surface area contributed by atoms with Gasteiger partial charge in [0.2, 0.25) is 5.91 Å². The summed E-state index contributed by atoms with van der Waals surface area (Å²) < 4.78 is 7.08. The Morgan fingerprint density at radius 3 is 2.94 bits per heavy atom. The molecule has 1 N–H and O–H groups in total. The first-order valence-corrected chi connectivity index (χ1v) is 12.5. The summed E-state index contributed by atoms with van der Waals surface area (Å²) in [5.74, 6) is 0.636. The number of nitrogens with one attached hydrogen (secondary N) is 1. The minimum absolute atomic E-state index is 0.0492. The van der Waals surface area contributed by atoms with E-state index in [-0.39, 0.29) is 17.2 Å². The Balaban J connectivity index is 1.57. The molecule has 0 bridgehead atoms. The van der Waals surface area contributed by atoms with Crippen molar-refractivity contribution < 1.29 is 9.53 Å². The number of thioether (sulfide) groups is 1. The molecule has 0 unspecified atom stereocenters. The van der Waals surface area contributed by atoms with Gasteiger partial charge in [0.05, 0.1) is 23.9 Å². The zero-order chi connectivity index (χ0) is 21.8. The van der Waals surface area contributed by atoms with Gasteiger partial charge >= 0.3 is 0 Å². The Kier molecular flexibility index (Phi) is 6.97. The number of aromatic nitrogens is 2. The van der Waals surface area contributed by atoms with Crippen molar-refractivity contribution in [3.05, 3.63) is 45.1 Å². The molecule has 6 nitrogen and oxygen atoms in total. The van der Waals surface area contributed by atoms with E-state index in [2.05, 4.69) is 12.2 Å². The molecule has 1 aliphatic rings. The molecule has 4 rings (SSSR count). The van der Waals surface area contributed by atoms with Gasteiger partial charge in [0.15, 0.2) is 5.16 Å². The molecule has 2 aromatic heterocycles. The molecule has 0 saturated heterocycles. The van der Waals surface area contributed by atoms with E-state index in [4.69, 9.17) is 9.72 Å². The number of nitrogens with zero attached hydrogens (tertiary/aromatic N) is 2. The van der Waals surface area contributed by atoms with Crippen LogP contribution in [0.3, 0.4) is 0 Å². The van der Waals surface area contributed by atoms with E-state index >= 15 is 0 Å². The van der Waals surface area contributed by atoms with Gasteiger partial charge in [-0.2, -0.15) is 0 Å². The SMILES string of the molecule is CCCCCn1c(SCC(=O)Nc2ccccc2OC)nc2sc3c(c2c1=O)CCC3. The Morgan fingerprint density at radius 2 is 2.13 bits per heavy atom. The van der Waals surface area contributed by atoms with Crippen molar-refractivity contribution in [3.63, 3.8) is 0 Å². The number of benzene rings is 1. The van der Waals surface area contributed by atoms with Crippen molar-refractivity contribution in [1.82, 2.24) is 9.55 Å². The van der Waals surface area contributed by atoms with Gasteiger partial charge in [0.25, 0.3) is 5.56 Å². The van der Waals surface area contributed by atoms with E-state index in [0.29, 0.717) is 23.1 Å². The lowest BCUT2D eigenvalue weighted by Crippen LogP contribution is -2.24. The second kappa shape index (κ2) is 9.87. The van der Waals surface area contributed by atoms with Gasteiger partial charge in [-0.05, 0) is 43.4 Å². The fourth-order valence-electron chi connectivity index (χ4n) is 3.95. The molecule has 0 aliphatic heterocycles. The van der Waals surface area contributed by atoms with Crippen LogP contribution in [-0.2, 0) is 24.2 Å². The number of amides is 1. The highest BCUT2D eigenvalue weighted by molar-refractivity contribution is 7.99. The molecule has 1 aromatic carbocycles. The van der Waals surface area contributed by atoms with E-state index in [1.807, 2.05) is 12.1 Å². The standard InChI is InChI=1S/C23H27N3O3S2/c1-3-4-7-13-26-22(28)20-15-9-8-12-18(15)31-21(20)25-23(26)30-14-19(27)24-16-10-5-6-11-17(16)29-2/h5-6,10-11H,3-4,7-9,12-14H2,1-2H3,(H,24,27). The smallest absolute Gasteiger partial charge is 0.263 e. The van der Waals surface area contributed by atoms with Crippen LogP contribution in [-0.4, -0.2) is 28.3 Å². The number of aryl methyl sites for hydroxylation is 2. The second-order valence-corrected chi connectivity index (χ2v) is 9.66. The van der Waals surface area contributed by atoms with Gasteiger partial charge < -0.3 is 10.1 Å². The van der Waals surface area contributed by atoms with E-state index in [1.54, 1.807) is 35.1 Å². The van der Waals surface area contributed by atoms with Gasteiger partial charge in [-0.25, -0.2) is 4.98 Å². The number of methoxy groups -OCH3 is 1. The number of fused-ring (bicyclic) bond motifs is 3. The third kappa shape index (κ3) is 4.65. The van der Waals surface area contributed by atoms with E-state index < -0.39 is 0 Å². The largest absolute Gasteiger partial charge is 0.495 e. The van der Waals surface area contributed by atoms with Gasteiger partial charge in [-0.3, -0.25) is 14.2 Å². The first-order valence-electron chi connectivity index (χ1n) is 10.7. The number of carbonyl (C=O) groups is 1. The quantitative estimate of drug-likeness (QED) is 0.282. The summed E-state index contributed by atoms with van der Waals surface area (Å²) in [6.45, 7) is 2.78. The molecule has 1 aliphatic carbocycles. The van der Waals surface area contributed by atoms with Crippen LogP contribution in [0, 0.1) is 0 Å². The molecule has 1 amide bonds. The lowest BCUT2D eigenvalue weighted by molar-refractivity contribution is -0.113. The van der Waals surface area contributed by atoms with Crippen LogP contribution in [0.5, 0.6) is 5.75 Å². The number of carbonyl (C=O) groups excluding carboxylic acids is 1. The summed E-state index contributed by atoms with van der Waals surface area (Å²) in [6.07, 6.45) is 6.19. The molecular formula is C23H27N3O3S2. The number of unbranched alkanes of at least 4 members (excludes halogenated alkanes) is 2.